The third kappa shape index (κ3) is 12.1. The Labute approximate surface area is 189 Å². The predicted octanol–water partition coefficient (Wildman–Crippen LogP) is -2.24. The van der Waals surface area contributed by atoms with E-state index in [9.17, 15) is 28.8 Å². The van der Waals surface area contributed by atoms with Gasteiger partial charge in [0.25, 0.3) is 0 Å². The molecule has 32 heavy (non-hydrogen) atoms. The fourth-order valence-corrected chi connectivity index (χ4v) is 2.88. The summed E-state index contributed by atoms with van der Waals surface area (Å²) >= 11 is 1.47. The van der Waals surface area contributed by atoms with Crippen molar-refractivity contribution in [3.63, 3.8) is 0 Å². The van der Waals surface area contributed by atoms with Crippen LogP contribution in [0.4, 0.5) is 0 Å². The van der Waals surface area contributed by atoms with Gasteiger partial charge in [0, 0.05) is 12.8 Å². The third-order valence-corrected chi connectivity index (χ3v) is 4.94. The number of hydrogen-bond acceptors (Lipinski definition) is 8. The van der Waals surface area contributed by atoms with Gasteiger partial charge in [-0.3, -0.25) is 28.8 Å². The maximum absolute atomic E-state index is 12.7. The molecule has 0 saturated carbocycles. The Morgan fingerprint density at radius 2 is 1.34 bits per heavy atom. The number of carbonyl (C=O) groups excluding carboxylic acids is 4. The molecule has 4 unspecified atom stereocenters. The lowest BCUT2D eigenvalue weighted by Gasteiger charge is -2.24. The molecule has 13 nitrogen and oxygen atoms in total. The highest BCUT2D eigenvalue weighted by molar-refractivity contribution is 7.98. The minimum atomic E-state index is -1.34. The van der Waals surface area contributed by atoms with Crippen LogP contribution in [0.3, 0.4) is 0 Å². The molecule has 0 rings (SSSR count). The number of nitrogens with two attached hydrogens (primary N) is 2. The third-order valence-electron chi connectivity index (χ3n) is 4.29. The van der Waals surface area contributed by atoms with Gasteiger partial charge in [-0.25, -0.2) is 0 Å². The average Bonchev–Trinajstić information content (AvgIpc) is 2.71. The summed E-state index contributed by atoms with van der Waals surface area (Å²) in [5, 5.41) is 24.7. The lowest BCUT2D eigenvalue weighted by atomic mass is 10.1. The summed E-state index contributed by atoms with van der Waals surface area (Å²) in [5.74, 6) is -5.11. The van der Waals surface area contributed by atoms with Crippen molar-refractivity contribution in [2.75, 3.05) is 12.0 Å². The maximum atomic E-state index is 12.7. The summed E-state index contributed by atoms with van der Waals surface area (Å²) in [5.41, 5.74) is 10.9. The lowest BCUT2D eigenvalue weighted by molar-refractivity contribution is -0.142. The van der Waals surface area contributed by atoms with Gasteiger partial charge in [-0.15, -0.1) is 0 Å². The highest BCUT2D eigenvalue weighted by atomic mass is 32.2. The van der Waals surface area contributed by atoms with Crippen molar-refractivity contribution in [2.24, 2.45) is 11.5 Å². The molecule has 182 valence electrons. The van der Waals surface area contributed by atoms with Gasteiger partial charge in [-0.05, 0) is 38.2 Å². The van der Waals surface area contributed by atoms with E-state index in [-0.39, 0.29) is 19.3 Å². The number of nitrogens with one attached hydrogen (secondary N) is 3. The Morgan fingerprint density at radius 3 is 1.81 bits per heavy atom. The van der Waals surface area contributed by atoms with Crippen molar-refractivity contribution in [3.05, 3.63) is 0 Å². The quantitative estimate of drug-likeness (QED) is 0.126. The molecule has 4 atom stereocenters. The molecule has 0 bridgehead atoms. The van der Waals surface area contributed by atoms with E-state index in [1.807, 2.05) is 6.26 Å². The zero-order valence-corrected chi connectivity index (χ0v) is 18.8. The van der Waals surface area contributed by atoms with E-state index in [0.29, 0.717) is 12.2 Å². The minimum absolute atomic E-state index is 0.230. The number of carbonyl (C=O) groups is 6. The van der Waals surface area contributed by atoms with Crippen LogP contribution in [-0.2, 0) is 28.8 Å². The lowest BCUT2D eigenvalue weighted by Crippen LogP contribution is -2.57. The van der Waals surface area contributed by atoms with E-state index < -0.39 is 66.2 Å². The van der Waals surface area contributed by atoms with E-state index in [4.69, 9.17) is 21.7 Å². The molecule has 0 radical (unpaired) electrons. The molecule has 0 aromatic carbocycles. The molecule has 0 aliphatic carbocycles. The molecule has 0 spiro atoms. The molecule has 0 heterocycles. The van der Waals surface area contributed by atoms with Crippen LogP contribution in [0.25, 0.3) is 0 Å². The number of amides is 4. The number of hydrogen-bond donors (Lipinski definition) is 7. The number of primary amides is 1. The first-order valence-electron chi connectivity index (χ1n) is 9.77. The monoisotopic (exact) mass is 477 g/mol. The van der Waals surface area contributed by atoms with E-state index >= 15 is 0 Å². The Hall–Kier alpha value is -2.87. The van der Waals surface area contributed by atoms with Crippen LogP contribution >= 0.6 is 11.8 Å². The Kier molecular flexibility index (Phi) is 13.7. The fraction of sp³-hybridized carbons (Fsp3) is 0.667. The van der Waals surface area contributed by atoms with E-state index in [1.54, 1.807) is 0 Å². The van der Waals surface area contributed by atoms with Gasteiger partial charge in [0.05, 0.1) is 6.04 Å². The SMILES string of the molecule is CSCCC(N)C(=O)NC(CCC(=O)O)C(=O)NC(CCC(N)=O)C(=O)NC(C)C(=O)O. The van der Waals surface area contributed by atoms with Crippen molar-refractivity contribution in [1.29, 1.82) is 0 Å². The maximum Gasteiger partial charge on any atom is 0.325 e. The van der Waals surface area contributed by atoms with Crippen LogP contribution in [0.5, 0.6) is 0 Å². The Bertz CT molecular complexity index is 705. The highest BCUT2D eigenvalue weighted by Crippen LogP contribution is 2.05. The van der Waals surface area contributed by atoms with Crippen molar-refractivity contribution in [3.8, 4) is 0 Å². The molecule has 0 aromatic heterocycles. The number of carboxylic acids is 2. The van der Waals surface area contributed by atoms with Crippen LogP contribution in [0.1, 0.15) is 39.0 Å². The molecule has 4 amide bonds. The fourth-order valence-electron chi connectivity index (χ4n) is 2.39. The smallest absolute Gasteiger partial charge is 0.325 e. The van der Waals surface area contributed by atoms with Crippen molar-refractivity contribution >= 4 is 47.3 Å². The second kappa shape index (κ2) is 15.0. The molecule has 14 heteroatoms. The van der Waals surface area contributed by atoms with Gasteiger partial charge in [0.15, 0.2) is 0 Å². The molecule has 0 saturated heterocycles. The van der Waals surface area contributed by atoms with Crippen molar-refractivity contribution in [2.45, 2.75) is 63.2 Å². The molecule has 0 aromatic rings. The first-order chi connectivity index (χ1) is 14.9. The summed E-state index contributed by atoms with van der Waals surface area (Å²) < 4.78 is 0. The van der Waals surface area contributed by atoms with Crippen LogP contribution in [-0.4, -0.2) is 82.0 Å². The summed E-state index contributed by atoms with van der Waals surface area (Å²) in [7, 11) is 0. The zero-order chi connectivity index (χ0) is 24.8. The predicted molar refractivity (Wildman–Crippen MR) is 115 cm³/mol. The summed E-state index contributed by atoms with van der Waals surface area (Å²) in [4.78, 5) is 70.4. The minimum Gasteiger partial charge on any atom is -0.481 e. The van der Waals surface area contributed by atoms with Crippen LogP contribution in [0.15, 0.2) is 0 Å². The molecule has 0 fully saturated rings. The van der Waals surface area contributed by atoms with Gasteiger partial charge in [0.1, 0.15) is 18.1 Å². The van der Waals surface area contributed by atoms with Gasteiger partial charge >= 0.3 is 11.9 Å². The first kappa shape index (κ1) is 29.1. The Morgan fingerprint density at radius 1 is 0.844 bits per heavy atom. The molecule has 0 aliphatic rings. The van der Waals surface area contributed by atoms with E-state index in [2.05, 4.69) is 16.0 Å². The molecule has 9 N–H and O–H groups in total. The van der Waals surface area contributed by atoms with Crippen LogP contribution in [0.2, 0.25) is 0 Å². The topological polar surface area (TPSA) is 231 Å². The number of aliphatic carboxylic acids is 2. The molecular weight excluding hydrogens is 446 g/mol. The van der Waals surface area contributed by atoms with Gasteiger partial charge in [-0.1, -0.05) is 0 Å². The largest absolute Gasteiger partial charge is 0.481 e. The van der Waals surface area contributed by atoms with Gasteiger partial charge < -0.3 is 37.6 Å². The highest BCUT2D eigenvalue weighted by Gasteiger charge is 2.29. The number of rotatable bonds is 16. The second-order valence-corrected chi connectivity index (χ2v) is 8.00. The second-order valence-electron chi connectivity index (χ2n) is 7.02. The van der Waals surface area contributed by atoms with Crippen molar-refractivity contribution in [1.82, 2.24) is 16.0 Å². The van der Waals surface area contributed by atoms with Crippen molar-refractivity contribution < 1.29 is 39.0 Å². The van der Waals surface area contributed by atoms with E-state index in [1.165, 1.54) is 18.7 Å². The summed E-state index contributed by atoms with van der Waals surface area (Å²) in [6, 6.07) is -4.86. The number of thioether (sulfide) groups is 1. The normalized spacial score (nSPS) is 14.3. The molecular formula is C18H31N5O8S. The standard InChI is InChI=1S/C18H31N5O8S/c1-9(18(30)31)21-16(28)11(3-5-13(20)24)23-17(29)12(4-6-14(25)26)22-15(27)10(19)7-8-32-2/h9-12H,3-8,19H2,1-2H3,(H2,20,24)(H,21,28)(H,22,27)(H,23,29)(H,25,26)(H,30,31). The first-order valence-corrected chi connectivity index (χ1v) is 11.2. The molecule has 0 aliphatic heterocycles. The van der Waals surface area contributed by atoms with E-state index in [0.717, 1.165) is 0 Å². The summed E-state index contributed by atoms with van der Waals surface area (Å²) in [6.07, 6.45) is 0.912. The number of carboxylic acid groups (broad SMARTS) is 2. The summed E-state index contributed by atoms with van der Waals surface area (Å²) in [6.45, 7) is 1.21. The Balaban J connectivity index is 5.42. The van der Waals surface area contributed by atoms with Gasteiger partial charge in [-0.2, -0.15) is 11.8 Å². The average molecular weight is 478 g/mol. The van der Waals surface area contributed by atoms with Crippen LogP contribution < -0.4 is 27.4 Å². The van der Waals surface area contributed by atoms with Crippen LogP contribution in [0, 0.1) is 0 Å². The van der Waals surface area contributed by atoms with Gasteiger partial charge in [0.2, 0.25) is 23.6 Å². The zero-order valence-electron chi connectivity index (χ0n) is 18.0.